The molecular weight excluding hydrogens is 328 g/mol. The van der Waals surface area contributed by atoms with E-state index in [0.717, 1.165) is 0 Å². The van der Waals surface area contributed by atoms with Crippen LogP contribution in [0.2, 0.25) is 0 Å². The smallest absolute Gasteiger partial charge is 0.305 e. The number of hydrogen-bond acceptors (Lipinski definition) is 8. The Morgan fingerprint density at radius 3 is 1.38 bits per heavy atom. The van der Waals surface area contributed by atoms with E-state index in [4.69, 9.17) is 21.7 Å². The number of nitrogens with one attached hydrogen (secondary N) is 2. The van der Waals surface area contributed by atoms with Crippen LogP contribution in [0.4, 0.5) is 0 Å². The van der Waals surface area contributed by atoms with Crippen molar-refractivity contribution in [1.82, 2.24) is 10.6 Å². The molecule has 0 aromatic carbocycles. The van der Waals surface area contributed by atoms with E-state index in [2.05, 4.69) is 0 Å². The zero-order valence-electron chi connectivity index (χ0n) is 12.2. The van der Waals surface area contributed by atoms with Crippen LogP contribution in [-0.2, 0) is 28.8 Å². The number of nitrogens with two attached hydrogens (primary N) is 2. The number of carboxylic acids is 2. The predicted octanol–water partition coefficient (Wildman–Crippen LogP) is -4.29. The van der Waals surface area contributed by atoms with Gasteiger partial charge in [-0.25, -0.2) is 0 Å². The van der Waals surface area contributed by atoms with Crippen LogP contribution in [0.15, 0.2) is 0 Å². The van der Waals surface area contributed by atoms with Crippen molar-refractivity contribution in [2.75, 3.05) is 0 Å². The van der Waals surface area contributed by atoms with Gasteiger partial charge >= 0.3 is 11.9 Å². The molecule has 12 heteroatoms. The lowest BCUT2D eigenvalue weighted by atomic mass is 9.96. The van der Waals surface area contributed by atoms with Crippen LogP contribution in [-0.4, -0.2) is 69.7 Å². The average molecular weight is 344 g/mol. The van der Waals surface area contributed by atoms with Crippen LogP contribution in [0.5, 0.6) is 0 Å². The molecule has 0 aromatic heterocycles. The molecule has 1 aliphatic rings. The zero-order valence-corrected chi connectivity index (χ0v) is 12.2. The lowest BCUT2D eigenvalue weighted by Crippen LogP contribution is -2.69. The third kappa shape index (κ3) is 4.57. The van der Waals surface area contributed by atoms with Gasteiger partial charge < -0.3 is 32.3 Å². The quantitative estimate of drug-likeness (QED) is 0.232. The van der Waals surface area contributed by atoms with Gasteiger partial charge in [0.05, 0.1) is 24.9 Å². The molecule has 1 heterocycles. The normalized spacial score (nSPS) is 22.8. The molecule has 0 saturated carbocycles. The largest absolute Gasteiger partial charge is 0.481 e. The van der Waals surface area contributed by atoms with Crippen molar-refractivity contribution in [2.45, 2.75) is 37.0 Å². The van der Waals surface area contributed by atoms with E-state index in [0.29, 0.717) is 0 Å². The van der Waals surface area contributed by atoms with E-state index in [9.17, 15) is 28.8 Å². The summed E-state index contributed by atoms with van der Waals surface area (Å²) in [6.45, 7) is 0. The summed E-state index contributed by atoms with van der Waals surface area (Å²) in [7, 11) is 0. The molecule has 0 aromatic rings. The van der Waals surface area contributed by atoms with Gasteiger partial charge in [-0.05, 0) is 0 Å². The van der Waals surface area contributed by atoms with Crippen molar-refractivity contribution >= 4 is 35.3 Å². The van der Waals surface area contributed by atoms with E-state index < -0.39 is 72.3 Å². The monoisotopic (exact) mass is 344 g/mol. The molecule has 0 spiro atoms. The van der Waals surface area contributed by atoms with E-state index in [1.807, 2.05) is 10.6 Å². The summed E-state index contributed by atoms with van der Waals surface area (Å²) in [5, 5.41) is 21.1. The van der Waals surface area contributed by atoms with Gasteiger partial charge in [-0.1, -0.05) is 0 Å². The first-order valence-corrected chi connectivity index (χ1v) is 6.67. The molecule has 4 atom stereocenters. The molecule has 1 saturated heterocycles. The summed E-state index contributed by atoms with van der Waals surface area (Å²) >= 11 is 0. The van der Waals surface area contributed by atoms with Crippen LogP contribution in [0.25, 0.3) is 0 Å². The molecule has 132 valence electrons. The van der Waals surface area contributed by atoms with Gasteiger partial charge in [0.1, 0.15) is 0 Å². The molecule has 12 nitrogen and oxygen atoms in total. The van der Waals surface area contributed by atoms with Gasteiger partial charge in [0.15, 0.2) is 23.7 Å². The van der Waals surface area contributed by atoms with E-state index in [1.165, 1.54) is 0 Å². The molecule has 0 bridgehead atoms. The Balaban J connectivity index is 2.80. The van der Waals surface area contributed by atoms with E-state index >= 15 is 0 Å². The summed E-state index contributed by atoms with van der Waals surface area (Å²) in [5.41, 5.74) is 10.7. The molecular formula is C12H16N4O8. The van der Waals surface area contributed by atoms with Crippen LogP contribution in [0.1, 0.15) is 12.8 Å². The van der Waals surface area contributed by atoms with E-state index in [1.54, 1.807) is 0 Å². The highest BCUT2D eigenvalue weighted by Gasteiger charge is 2.43. The van der Waals surface area contributed by atoms with Gasteiger partial charge in [0, 0.05) is 0 Å². The Morgan fingerprint density at radius 1 is 0.833 bits per heavy atom. The lowest BCUT2D eigenvalue weighted by molar-refractivity contribution is -0.147. The number of carbonyl (C=O) groups excluding carboxylic acids is 4. The van der Waals surface area contributed by atoms with Crippen molar-refractivity contribution in [2.24, 2.45) is 11.5 Å². The fourth-order valence-electron chi connectivity index (χ4n) is 1.99. The fourth-order valence-corrected chi connectivity index (χ4v) is 1.99. The van der Waals surface area contributed by atoms with Gasteiger partial charge in [0.25, 0.3) is 11.8 Å². The zero-order chi connectivity index (χ0) is 18.6. The number of hydrogen-bond donors (Lipinski definition) is 6. The van der Waals surface area contributed by atoms with Crippen molar-refractivity contribution in [3.8, 4) is 0 Å². The first-order chi connectivity index (χ1) is 11.0. The Kier molecular flexibility index (Phi) is 6.08. The van der Waals surface area contributed by atoms with Crippen molar-refractivity contribution in [1.29, 1.82) is 0 Å². The topological polar surface area (TPSA) is 219 Å². The highest BCUT2D eigenvalue weighted by molar-refractivity contribution is 6.19. The van der Waals surface area contributed by atoms with Crippen LogP contribution >= 0.6 is 0 Å². The van der Waals surface area contributed by atoms with Crippen LogP contribution in [0, 0.1) is 0 Å². The maximum atomic E-state index is 11.9. The van der Waals surface area contributed by atoms with Gasteiger partial charge in [-0.2, -0.15) is 0 Å². The van der Waals surface area contributed by atoms with Gasteiger partial charge in [-0.3, -0.25) is 28.8 Å². The number of carbonyl (C=O) groups is 6. The number of Topliss-reactive ketones (excluding diaryl/α,β-unsaturated/α-hetero) is 2. The minimum atomic E-state index is -1.74. The first kappa shape index (κ1) is 19.2. The number of ketones is 2. The van der Waals surface area contributed by atoms with Crippen molar-refractivity contribution in [3.63, 3.8) is 0 Å². The molecule has 0 radical (unpaired) electrons. The Bertz CT molecular complexity index is 552. The molecule has 2 unspecified atom stereocenters. The number of piperazine rings is 1. The first-order valence-electron chi connectivity index (χ1n) is 6.67. The molecule has 1 aliphatic heterocycles. The minimum absolute atomic E-state index is 0.746. The van der Waals surface area contributed by atoms with Crippen molar-refractivity contribution < 1.29 is 39.0 Å². The Labute approximate surface area is 134 Å². The molecule has 1 rings (SSSR count). The highest BCUT2D eigenvalue weighted by Crippen LogP contribution is 2.06. The second-order valence-corrected chi connectivity index (χ2v) is 5.10. The molecule has 8 N–H and O–H groups in total. The summed E-state index contributed by atoms with van der Waals surface area (Å²) in [6.07, 6.45) is -1.49. The lowest BCUT2D eigenvalue weighted by Gasteiger charge is -2.30. The summed E-state index contributed by atoms with van der Waals surface area (Å²) in [5.74, 6) is -6.95. The third-order valence-electron chi connectivity index (χ3n) is 3.19. The number of amides is 2. The molecule has 2 amide bonds. The number of carboxylic acid groups (broad SMARTS) is 2. The fraction of sp³-hybridized carbons (Fsp3) is 0.500. The second kappa shape index (κ2) is 7.61. The van der Waals surface area contributed by atoms with Gasteiger partial charge in [0.2, 0.25) is 0 Å². The number of aliphatic carboxylic acids is 2. The average Bonchev–Trinajstić information content (AvgIpc) is 2.46. The van der Waals surface area contributed by atoms with E-state index in [-0.39, 0.29) is 0 Å². The SMILES string of the molecule is N[C@@H](CC(=O)O)C(=O)C1NC(=O)C(C(=O)[C@@H](N)CC(=O)O)NC1=O. The van der Waals surface area contributed by atoms with Crippen molar-refractivity contribution in [3.05, 3.63) is 0 Å². The standard InChI is InChI=1S/C12H16N4O8/c13-3(1-5(17)18)9(21)7-11(23)16-8(12(24)15-7)10(22)4(14)2-6(19)20/h3-4,7-8H,1-2,13-14H2,(H,15,24)(H,16,23)(H,17,18)(H,19,20)/t3-,4-,7?,8?/m0/s1. The summed E-state index contributed by atoms with van der Waals surface area (Å²) in [4.78, 5) is 68.6. The Morgan fingerprint density at radius 2 is 1.12 bits per heavy atom. The molecule has 24 heavy (non-hydrogen) atoms. The Hall–Kier alpha value is -2.86. The number of rotatable bonds is 8. The summed E-state index contributed by atoms with van der Waals surface area (Å²) < 4.78 is 0. The molecule has 0 aliphatic carbocycles. The highest BCUT2D eigenvalue weighted by atomic mass is 16.4. The van der Waals surface area contributed by atoms with Crippen LogP contribution < -0.4 is 22.1 Å². The minimum Gasteiger partial charge on any atom is -0.481 e. The predicted molar refractivity (Wildman–Crippen MR) is 74.3 cm³/mol. The van der Waals surface area contributed by atoms with Gasteiger partial charge in [-0.15, -0.1) is 0 Å². The maximum absolute atomic E-state index is 11.9. The third-order valence-corrected chi connectivity index (χ3v) is 3.19. The molecule has 1 fully saturated rings. The maximum Gasteiger partial charge on any atom is 0.305 e. The second-order valence-electron chi connectivity index (χ2n) is 5.10. The summed E-state index contributed by atoms with van der Waals surface area (Å²) in [6, 6.07) is -6.54. The van der Waals surface area contributed by atoms with Crippen LogP contribution in [0.3, 0.4) is 0 Å².